The van der Waals surface area contributed by atoms with Gasteiger partial charge in [0.2, 0.25) is 0 Å². The summed E-state index contributed by atoms with van der Waals surface area (Å²) in [5.41, 5.74) is -3.43. The molecule has 0 saturated heterocycles. The van der Waals surface area contributed by atoms with Gasteiger partial charge in [0.25, 0.3) is 0 Å². The molecule has 0 aliphatic heterocycles. The smallest absolute Gasteiger partial charge is 0.279 e. The van der Waals surface area contributed by atoms with Crippen LogP contribution >= 0.6 is 13.5 Å². The Hall–Kier alpha value is -1.95. The molecule has 8 heteroatoms. The Kier molecular flexibility index (Phi) is 8.46. The highest BCUT2D eigenvalue weighted by Gasteiger charge is 2.44. The zero-order chi connectivity index (χ0) is 16.6. The van der Waals surface area contributed by atoms with Gasteiger partial charge < -0.3 is 0 Å². The normalized spacial score (nSPS) is 10.3. The van der Waals surface area contributed by atoms with E-state index >= 15 is 0 Å². The van der Waals surface area contributed by atoms with Crippen molar-refractivity contribution in [3.63, 3.8) is 0 Å². The van der Waals surface area contributed by atoms with Gasteiger partial charge in [-0.05, 0) is 24.3 Å². The van der Waals surface area contributed by atoms with Crippen LogP contribution < -0.4 is 0 Å². The van der Waals surface area contributed by atoms with Crippen molar-refractivity contribution in [2.24, 2.45) is 0 Å². The molecular weight excluding hydrogens is 349 g/mol. The summed E-state index contributed by atoms with van der Waals surface area (Å²) in [6.45, 7) is 0. The number of hydrogen-bond acceptors (Lipinski definition) is 2. The van der Waals surface area contributed by atoms with E-state index in [0.717, 1.165) is 11.1 Å². The number of benzene rings is 2. The van der Waals surface area contributed by atoms with Gasteiger partial charge in [-0.25, -0.2) is 0 Å². The lowest BCUT2D eigenvalue weighted by Crippen LogP contribution is -2.21. The predicted octanol–water partition coefficient (Wildman–Crippen LogP) is 3.59. The molecule has 3 nitrogen and oxygen atoms in total. The van der Waals surface area contributed by atoms with Crippen LogP contribution in [0.5, 0.6) is 0 Å². The van der Waals surface area contributed by atoms with E-state index in [1.807, 2.05) is 60.7 Å². The van der Waals surface area contributed by atoms with Crippen LogP contribution in [-0.2, 0) is 10.1 Å². The second kappa shape index (κ2) is 9.25. The van der Waals surface area contributed by atoms with E-state index < -0.39 is 15.6 Å². The van der Waals surface area contributed by atoms with Crippen LogP contribution in [0.1, 0.15) is 11.1 Å². The van der Waals surface area contributed by atoms with E-state index in [9.17, 15) is 13.2 Å². The maximum absolute atomic E-state index is 10.7. The monoisotopic (exact) mass is 362 g/mol. The summed E-state index contributed by atoms with van der Waals surface area (Å²) >= 11 is 0. The highest BCUT2D eigenvalue weighted by atomic mass is 32.2. The molecule has 2 aromatic rings. The van der Waals surface area contributed by atoms with Gasteiger partial charge in [-0.1, -0.05) is 48.2 Å². The molecular formula is C15H13F3O3S2. The lowest BCUT2D eigenvalue weighted by atomic mass is 10.2. The second-order valence-corrected chi connectivity index (χ2v) is 5.32. The Morgan fingerprint density at radius 3 is 1.26 bits per heavy atom. The summed E-state index contributed by atoms with van der Waals surface area (Å²) in [6, 6.07) is 20.0. The molecule has 0 aliphatic rings. The van der Waals surface area contributed by atoms with Crippen LogP contribution in [-0.4, -0.2) is 18.5 Å². The van der Waals surface area contributed by atoms with Crippen LogP contribution in [0.4, 0.5) is 13.2 Å². The third kappa shape index (κ3) is 8.30. The molecule has 0 heterocycles. The van der Waals surface area contributed by atoms with E-state index in [1.165, 1.54) is 0 Å². The molecule has 1 N–H and O–H groups in total. The van der Waals surface area contributed by atoms with Crippen LogP contribution in [0, 0.1) is 11.8 Å². The Bertz CT molecular complexity index is 704. The fraction of sp³-hybridized carbons (Fsp3) is 0.0667. The molecule has 2 aromatic carbocycles. The van der Waals surface area contributed by atoms with Gasteiger partial charge in [0.15, 0.2) is 0 Å². The molecule has 124 valence electrons. The number of hydrogen-bond donors (Lipinski definition) is 1. The largest absolute Gasteiger partial charge is 0.522 e. The zero-order valence-electron chi connectivity index (χ0n) is 11.6. The molecule has 0 atom stereocenters. The summed E-state index contributed by atoms with van der Waals surface area (Å²) in [6.07, 6.45) is 0. The van der Waals surface area contributed by atoms with E-state index in [-0.39, 0.29) is 13.5 Å². The Morgan fingerprint density at radius 2 is 1.04 bits per heavy atom. The molecule has 2 rings (SSSR count). The van der Waals surface area contributed by atoms with Crippen molar-refractivity contribution in [3.05, 3.63) is 71.8 Å². The minimum Gasteiger partial charge on any atom is -0.279 e. The molecule has 0 radical (unpaired) electrons. The molecule has 23 heavy (non-hydrogen) atoms. The first-order valence-corrected chi connectivity index (χ1v) is 7.30. The number of alkyl halides is 3. The average Bonchev–Trinajstić information content (AvgIpc) is 2.46. The SMILES string of the molecule is C(#Cc1ccccc1)c1ccccc1.O=S(=O)(O)C(F)(F)F.S. The Morgan fingerprint density at radius 1 is 0.783 bits per heavy atom. The van der Waals surface area contributed by atoms with Gasteiger partial charge in [-0.15, -0.1) is 0 Å². The molecule has 0 amide bonds. The highest BCUT2D eigenvalue weighted by Crippen LogP contribution is 2.20. The zero-order valence-corrected chi connectivity index (χ0v) is 13.4. The van der Waals surface area contributed by atoms with Gasteiger partial charge in [-0.2, -0.15) is 35.1 Å². The van der Waals surface area contributed by atoms with Crippen molar-refractivity contribution in [2.45, 2.75) is 5.51 Å². The lowest BCUT2D eigenvalue weighted by Gasteiger charge is -1.97. The first kappa shape index (κ1) is 21.0. The van der Waals surface area contributed by atoms with Gasteiger partial charge >= 0.3 is 15.6 Å². The van der Waals surface area contributed by atoms with Gasteiger partial charge in [0.05, 0.1) is 0 Å². The molecule has 0 saturated carbocycles. The van der Waals surface area contributed by atoms with Gasteiger partial charge in [0, 0.05) is 11.1 Å². The lowest BCUT2D eigenvalue weighted by molar-refractivity contribution is -0.0510. The molecule has 0 bridgehead atoms. The standard InChI is InChI=1S/C14H10.CHF3O3S.H2S/c1-3-7-13(8-4-1)11-12-14-9-5-2-6-10-14;2-1(3,4)8(5,6)7;/h1-10H;(H,5,6,7);1H2. The number of rotatable bonds is 0. The van der Waals surface area contributed by atoms with Crippen molar-refractivity contribution >= 4 is 23.6 Å². The van der Waals surface area contributed by atoms with Crippen molar-refractivity contribution in [1.82, 2.24) is 0 Å². The van der Waals surface area contributed by atoms with Crippen molar-refractivity contribution in [3.8, 4) is 11.8 Å². The van der Waals surface area contributed by atoms with Crippen molar-refractivity contribution in [2.75, 3.05) is 0 Å². The molecule has 0 spiro atoms. The summed E-state index contributed by atoms with van der Waals surface area (Å²) in [5.74, 6) is 6.22. The Labute approximate surface area is 139 Å². The summed E-state index contributed by atoms with van der Waals surface area (Å²) in [5, 5.41) is 0. The quantitative estimate of drug-likeness (QED) is 0.443. The minimum absolute atomic E-state index is 0. The average molecular weight is 362 g/mol. The highest BCUT2D eigenvalue weighted by molar-refractivity contribution is 7.86. The first-order chi connectivity index (χ1) is 10.2. The fourth-order valence-corrected chi connectivity index (χ4v) is 1.19. The molecule has 0 fully saturated rings. The van der Waals surface area contributed by atoms with E-state index in [4.69, 9.17) is 13.0 Å². The van der Waals surface area contributed by atoms with Gasteiger partial charge in [-0.3, -0.25) is 4.55 Å². The van der Waals surface area contributed by atoms with Gasteiger partial charge in [0.1, 0.15) is 0 Å². The van der Waals surface area contributed by atoms with E-state index in [0.29, 0.717) is 0 Å². The van der Waals surface area contributed by atoms with E-state index in [1.54, 1.807) is 0 Å². The molecule has 0 unspecified atom stereocenters. The topological polar surface area (TPSA) is 54.4 Å². The third-order valence-electron chi connectivity index (χ3n) is 2.19. The molecule has 0 aliphatic carbocycles. The van der Waals surface area contributed by atoms with Crippen LogP contribution in [0.2, 0.25) is 0 Å². The maximum atomic E-state index is 10.7. The minimum atomic E-state index is -5.84. The number of halogens is 3. The summed E-state index contributed by atoms with van der Waals surface area (Å²) < 4.78 is 57.5. The van der Waals surface area contributed by atoms with Crippen LogP contribution in [0.3, 0.4) is 0 Å². The van der Waals surface area contributed by atoms with Crippen molar-refractivity contribution < 1.29 is 26.1 Å². The second-order valence-electron chi connectivity index (χ2n) is 3.90. The fourth-order valence-electron chi connectivity index (χ4n) is 1.19. The Balaban J connectivity index is 0.000000469. The van der Waals surface area contributed by atoms with E-state index in [2.05, 4.69) is 11.8 Å². The maximum Gasteiger partial charge on any atom is 0.522 e. The summed E-state index contributed by atoms with van der Waals surface area (Å²) in [4.78, 5) is 0. The third-order valence-corrected chi connectivity index (χ3v) is 2.78. The predicted molar refractivity (Wildman–Crippen MR) is 86.8 cm³/mol. The molecule has 0 aromatic heterocycles. The summed E-state index contributed by atoms with van der Waals surface area (Å²) in [7, 11) is -5.84. The van der Waals surface area contributed by atoms with Crippen LogP contribution in [0.25, 0.3) is 0 Å². The van der Waals surface area contributed by atoms with Crippen LogP contribution in [0.15, 0.2) is 60.7 Å². The van der Waals surface area contributed by atoms with Crippen molar-refractivity contribution in [1.29, 1.82) is 0 Å². The first-order valence-electron chi connectivity index (χ1n) is 5.86.